The third kappa shape index (κ3) is 2.09. The van der Waals surface area contributed by atoms with E-state index in [1.54, 1.807) is 7.11 Å². The van der Waals surface area contributed by atoms with E-state index in [9.17, 15) is 0 Å². The van der Waals surface area contributed by atoms with E-state index < -0.39 is 0 Å². The molecule has 5 aliphatic heterocycles. The molecule has 5 fully saturated rings. The van der Waals surface area contributed by atoms with Gasteiger partial charge in [0.2, 0.25) is 0 Å². The number of benzene rings is 1. The quantitative estimate of drug-likeness (QED) is 0.848. The fraction of sp³-hybridized carbons (Fsp3) is 0.550. The minimum absolute atomic E-state index is 0.132. The molecule has 0 radical (unpaired) electrons. The lowest BCUT2D eigenvalue weighted by Crippen LogP contribution is -2.54. The van der Waals surface area contributed by atoms with Crippen molar-refractivity contribution in [2.45, 2.75) is 38.0 Å². The minimum atomic E-state index is 0.132. The number of rotatable bonds is 2. The SMILES string of the molecule is COc1ccc2nccc([C@@H]3O[C@H](C)[C@H]4CN5CC[C@H]4C[C@H]35)c2c1. The van der Waals surface area contributed by atoms with Gasteiger partial charge in [0, 0.05) is 30.1 Å². The van der Waals surface area contributed by atoms with E-state index in [0.29, 0.717) is 18.1 Å². The Kier molecular flexibility index (Phi) is 3.32. The second-order valence-corrected chi connectivity index (χ2v) is 7.56. The van der Waals surface area contributed by atoms with Crippen LogP contribution in [0.5, 0.6) is 5.75 Å². The Bertz CT molecular complexity index is 777. The number of aromatic nitrogens is 1. The van der Waals surface area contributed by atoms with Crippen LogP contribution in [-0.4, -0.2) is 42.2 Å². The first-order valence-electron chi connectivity index (χ1n) is 9.07. The number of hydrogen-bond acceptors (Lipinski definition) is 4. The Morgan fingerprint density at radius 1 is 1.29 bits per heavy atom. The average Bonchev–Trinajstić information content (AvgIpc) is 2.84. The van der Waals surface area contributed by atoms with E-state index in [1.165, 1.54) is 31.5 Å². The van der Waals surface area contributed by atoms with Gasteiger partial charge in [-0.1, -0.05) is 0 Å². The molecule has 5 aliphatic rings. The molecule has 1 unspecified atom stereocenters. The number of ether oxygens (including phenoxy) is 2. The molecule has 4 bridgehead atoms. The molecule has 2 aromatic rings. The van der Waals surface area contributed by atoms with Gasteiger partial charge in [-0.3, -0.25) is 9.88 Å². The van der Waals surface area contributed by atoms with Crippen molar-refractivity contribution >= 4 is 10.9 Å². The average molecular weight is 324 g/mol. The van der Waals surface area contributed by atoms with Crippen LogP contribution in [0.3, 0.4) is 0 Å². The van der Waals surface area contributed by atoms with E-state index in [1.807, 2.05) is 18.3 Å². The van der Waals surface area contributed by atoms with E-state index in [2.05, 4.69) is 28.9 Å². The van der Waals surface area contributed by atoms with Crippen molar-refractivity contribution in [3.63, 3.8) is 0 Å². The highest BCUT2D eigenvalue weighted by Gasteiger charge is 2.50. The maximum Gasteiger partial charge on any atom is 0.119 e. The van der Waals surface area contributed by atoms with Gasteiger partial charge >= 0.3 is 0 Å². The summed E-state index contributed by atoms with van der Waals surface area (Å²) in [5.41, 5.74) is 2.28. The summed E-state index contributed by atoms with van der Waals surface area (Å²) >= 11 is 0. The molecule has 1 aromatic carbocycles. The molecule has 4 heteroatoms. The van der Waals surface area contributed by atoms with Crippen molar-refractivity contribution in [3.8, 4) is 5.75 Å². The Balaban J connectivity index is 1.64. The Morgan fingerprint density at radius 2 is 2.21 bits per heavy atom. The maximum atomic E-state index is 6.64. The summed E-state index contributed by atoms with van der Waals surface area (Å²) in [7, 11) is 1.72. The Labute approximate surface area is 142 Å². The summed E-state index contributed by atoms with van der Waals surface area (Å²) in [5.74, 6) is 2.41. The molecule has 0 N–H and O–H groups in total. The second-order valence-electron chi connectivity index (χ2n) is 7.56. The van der Waals surface area contributed by atoms with Crippen LogP contribution in [0.4, 0.5) is 0 Å². The minimum Gasteiger partial charge on any atom is -0.497 e. The summed E-state index contributed by atoms with van der Waals surface area (Å²) in [5, 5.41) is 1.16. The zero-order valence-electron chi connectivity index (χ0n) is 14.3. The topological polar surface area (TPSA) is 34.6 Å². The molecule has 5 saturated heterocycles. The van der Waals surface area contributed by atoms with Crippen LogP contribution in [0, 0.1) is 11.8 Å². The molecule has 7 rings (SSSR count). The Morgan fingerprint density at radius 3 is 3.00 bits per heavy atom. The van der Waals surface area contributed by atoms with Gasteiger partial charge in [-0.15, -0.1) is 0 Å². The predicted molar refractivity (Wildman–Crippen MR) is 93.2 cm³/mol. The third-order valence-corrected chi connectivity index (χ3v) is 6.45. The summed E-state index contributed by atoms with van der Waals surface area (Å²) in [6, 6.07) is 8.78. The number of pyridine rings is 1. The normalized spacial score (nSPS) is 37.6. The lowest BCUT2D eigenvalue weighted by molar-refractivity contribution is -0.0213. The highest BCUT2D eigenvalue weighted by Crippen LogP contribution is 2.48. The van der Waals surface area contributed by atoms with Gasteiger partial charge in [0.1, 0.15) is 5.75 Å². The molecule has 0 saturated carbocycles. The molecule has 6 atom stereocenters. The number of fused-ring (bicyclic) bond motifs is 4. The highest BCUT2D eigenvalue weighted by molar-refractivity contribution is 5.84. The van der Waals surface area contributed by atoms with Crippen molar-refractivity contribution in [1.82, 2.24) is 9.88 Å². The number of nitrogens with zero attached hydrogens (tertiary/aromatic N) is 2. The first-order chi connectivity index (χ1) is 11.7. The smallest absolute Gasteiger partial charge is 0.119 e. The first kappa shape index (κ1) is 14.7. The summed E-state index contributed by atoms with van der Waals surface area (Å²) in [6.07, 6.45) is 4.99. The molecule has 126 valence electrons. The first-order valence-corrected chi connectivity index (χ1v) is 9.07. The molecule has 0 aliphatic carbocycles. The predicted octanol–water partition coefficient (Wildman–Crippen LogP) is 3.41. The standard InChI is InChI=1S/C20H24N2O2/c1-12-17-11-22-8-6-13(17)9-19(22)20(24-12)15-5-7-21-18-4-3-14(23-2)10-16(15)18/h3-5,7,10,12-13,17,19-20H,6,8-9,11H2,1-2H3/t12-,13+,17-,19-,20+/m1/s1. The van der Waals surface area contributed by atoms with Crippen LogP contribution in [-0.2, 0) is 4.74 Å². The van der Waals surface area contributed by atoms with Crippen molar-refractivity contribution < 1.29 is 9.47 Å². The number of hydrogen-bond donors (Lipinski definition) is 0. The van der Waals surface area contributed by atoms with Crippen molar-refractivity contribution in [3.05, 3.63) is 36.0 Å². The zero-order chi connectivity index (χ0) is 16.3. The second kappa shape index (κ2) is 5.43. The van der Waals surface area contributed by atoms with Crippen LogP contribution in [0.2, 0.25) is 0 Å². The summed E-state index contributed by atoms with van der Waals surface area (Å²) in [4.78, 5) is 7.21. The lowest BCUT2D eigenvalue weighted by atomic mass is 9.73. The van der Waals surface area contributed by atoms with Gasteiger partial charge in [-0.05, 0) is 62.1 Å². The molecular formula is C20H24N2O2. The largest absolute Gasteiger partial charge is 0.497 e. The summed E-state index contributed by atoms with van der Waals surface area (Å²) in [6.45, 7) is 4.70. The van der Waals surface area contributed by atoms with E-state index in [-0.39, 0.29) is 6.10 Å². The van der Waals surface area contributed by atoms with Crippen LogP contribution < -0.4 is 4.74 Å². The molecular weight excluding hydrogens is 300 g/mol. The van der Waals surface area contributed by atoms with Gasteiger partial charge in [0.25, 0.3) is 0 Å². The molecule has 1 aromatic heterocycles. The van der Waals surface area contributed by atoms with Crippen LogP contribution in [0.1, 0.15) is 31.4 Å². The third-order valence-electron chi connectivity index (χ3n) is 6.45. The van der Waals surface area contributed by atoms with Gasteiger partial charge in [-0.25, -0.2) is 0 Å². The molecule has 0 amide bonds. The zero-order valence-corrected chi connectivity index (χ0v) is 14.3. The number of methoxy groups -OCH3 is 1. The highest BCUT2D eigenvalue weighted by atomic mass is 16.5. The van der Waals surface area contributed by atoms with Gasteiger partial charge < -0.3 is 9.47 Å². The molecule has 6 heterocycles. The van der Waals surface area contributed by atoms with Gasteiger partial charge in [0.15, 0.2) is 0 Å². The molecule has 4 nitrogen and oxygen atoms in total. The van der Waals surface area contributed by atoms with Crippen LogP contribution in [0.25, 0.3) is 10.9 Å². The molecule has 24 heavy (non-hydrogen) atoms. The summed E-state index contributed by atoms with van der Waals surface area (Å²) < 4.78 is 12.1. The van der Waals surface area contributed by atoms with E-state index in [4.69, 9.17) is 9.47 Å². The van der Waals surface area contributed by atoms with E-state index in [0.717, 1.165) is 22.6 Å². The number of piperidine rings is 3. The van der Waals surface area contributed by atoms with Crippen molar-refractivity contribution in [2.24, 2.45) is 11.8 Å². The monoisotopic (exact) mass is 324 g/mol. The van der Waals surface area contributed by atoms with Gasteiger partial charge in [-0.2, -0.15) is 0 Å². The fourth-order valence-corrected chi connectivity index (χ4v) is 5.18. The van der Waals surface area contributed by atoms with Crippen molar-refractivity contribution in [1.29, 1.82) is 0 Å². The van der Waals surface area contributed by atoms with E-state index >= 15 is 0 Å². The maximum absolute atomic E-state index is 6.64. The van der Waals surface area contributed by atoms with Crippen LogP contribution in [0.15, 0.2) is 30.5 Å². The van der Waals surface area contributed by atoms with Gasteiger partial charge in [0.05, 0.1) is 24.8 Å². The lowest BCUT2D eigenvalue weighted by Gasteiger charge is -2.48. The fourth-order valence-electron chi connectivity index (χ4n) is 5.18. The molecule has 0 spiro atoms. The Hall–Kier alpha value is -1.65. The van der Waals surface area contributed by atoms with Crippen LogP contribution >= 0.6 is 0 Å². The van der Waals surface area contributed by atoms with Crippen molar-refractivity contribution in [2.75, 3.05) is 20.2 Å².